The van der Waals surface area contributed by atoms with E-state index in [1.807, 2.05) is 0 Å². The Bertz CT molecular complexity index is 185. The van der Waals surface area contributed by atoms with Gasteiger partial charge in [0.2, 0.25) is 0 Å². The summed E-state index contributed by atoms with van der Waals surface area (Å²) in [6, 6.07) is 0. The van der Waals surface area contributed by atoms with Gasteiger partial charge in [-0.2, -0.15) is 0 Å². The van der Waals surface area contributed by atoms with Crippen molar-refractivity contribution in [1.82, 2.24) is 0 Å². The van der Waals surface area contributed by atoms with Gasteiger partial charge in [-0.25, -0.2) is 8.42 Å². The molecule has 48 valence electrons. The molecule has 2 atom stereocenters. The number of rotatable bonds is 0. The van der Waals surface area contributed by atoms with Crippen LogP contribution in [-0.4, -0.2) is 23.2 Å². The fraction of sp³-hybridized carbons (Fsp3) is 1.00. The number of hydrogen-bond acceptors (Lipinski definition) is 2. The average Bonchev–Trinajstić information content (AvgIpc) is 1.65. The van der Waals surface area contributed by atoms with E-state index in [0.29, 0.717) is 0 Å². The molecule has 1 saturated heterocycles. The van der Waals surface area contributed by atoms with E-state index in [1.165, 1.54) is 0 Å². The summed E-state index contributed by atoms with van der Waals surface area (Å²) >= 11 is 6.19. The van der Waals surface area contributed by atoms with E-state index in [1.54, 1.807) is 0 Å². The van der Waals surface area contributed by atoms with Gasteiger partial charge in [-0.05, 0) is 0 Å². The van der Waals surface area contributed by atoms with Gasteiger partial charge in [0.05, 0.1) is 10.6 Å². The fourth-order valence-corrected chi connectivity index (χ4v) is 4.48. The van der Waals surface area contributed by atoms with Gasteiger partial charge in [0.1, 0.15) is 4.16 Å². The first-order chi connectivity index (χ1) is 3.54. The number of alkyl halides is 2. The lowest BCUT2D eigenvalue weighted by Gasteiger charge is -2.26. The van der Waals surface area contributed by atoms with Crippen LogP contribution in [0, 0.1) is 0 Å². The standard InChI is InChI=1S/C3H4Br2O2S/c4-2-1-8(6,7)3(2)5/h2-3H,1H2/t2-,3-/m0/s1. The number of halogens is 2. The minimum atomic E-state index is -2.74. The van der Waals surface area contributed by atoms with Crippen molar-refractivity contribution in [3.8, 4) is 0 Å². The largest absolute Gasteiger partial charge is 0.228 e. The molecule has 0 amide bonds. The van der Waals surface area contributed by atoms with Crippen molar-refractivity contribution in [3.05, 3.63) is 0 Å². The van der Waals surface area contributed by atoms with Crippen LogP contribution in [0.2, 0.25) is 0 Å². The maximum Gasteiger partial charge on any atom is 0.165 e. The maximum atomic E-state index is 10.6. The SMILES string of the molecule is O=S1(=O)C[C@H](Br)[C@H]1Br. The van der Waals surface area contributed by atoms with Gasteiger partial charge in [0.25, 0.3) is 0 Å². The van der Waals surface area contributed by atoms with Crippen LogP contribution in [0.1, 0.15) is 0 Å². The van der Waals surface area contributed by atoms with Crippen molar-refractivity contribution in [2.75, 3.05) is 5.75 Å². The first-order valence-corrected chi connectivity index (χ1v) is 5.58. The highest BCUT2D eigenvalue weighted by atomic mass is 79.9. The Morgan fingerprint density at radius 1 is 1.38 bits per heavy atom. The molecule has 0 aliphatic carbocycles. The monoisotopic (exact) mass is 262 g/mol. The van der Waals surface area contributed by atoms with Crippen LogP contribution >= 0.6 is 31.9 Å². The zero-order valence-electron chi connectivity index (χ0n) is 3.84. The van der Waals surface area contributed by atoms with Crippen molar-refractivity contribution in [2.24, 2.45) is 0 Å². The fourth-order valence-electron chi connectivity index (χ4n) is 0.492. The van der Waals surface area contributed by atoms with Gasteiger partial charge < -0.3 is 0 Å². The van der Waals surface area contributed by atoms with Crippen LogP contribution in [0.25, 0.3) is 0 Å². The van der Waals surface area contributed by atoms with Crippen LogP contribution in [0.5, 0.6) is 0 Å². The summed E-state index contributed by atoms with van der Waals surface area (Å²) in [6.07, 6.45) is 0. The Morgan fingerprint density at radius 3 is 1.88 bits per heavy atom. The van der Waals surface area contributed by atoms with E-state index in [4.69, 9.17) is 0 Å². The minimum absolute atomic E-state index is 0.118. The molecule has 1 aliphatic rings. The molecule has 1 rings (SSSR count). The molecule has 0 saturated carbocycles. The van der Waals surface area contributed by atoms with Crippen molar-refractivity contribution < 1.29 is 8.42 Å². The molecule has 0 aromatic rings. The van der Waals surface area contributed by atoms with Crippen LogP contribution in [0.3, 0.4) is 0 Å². The zero-order valence-corrected chi connectivity index (χ0v) is 7.83. The summed E-state index contributed by atoms with van der Waals surface area (Å²) in [6.45, 7) is 0. The Hall–Kier alpha value is 0.910. The zero-order chi connectivity index (χ0) is 6.36. The van der Waals surface area contributed by atoms with Crippen molar-refractivity contribution in [2.45, 2.75) is 8.99 Å². The van der Waals surface area contributed by atoms with Crippen LogP contribution in [0.15, 0.2) is 0 Å². The highest BCUT2D eigenvalue weighted by molar-refractivity contribution is 9.14. The number of hydrogen-bond donors (Lipinski definition) is 0. The summed E-state index contributed by atoms with van der Waals surface area (Å²) in [7, 11) is -2.74. The normalized spacial score (nSPS) is 43.2. The van der Waals surface area contributed by atoms with E-state index >= 15 is 0 Å². The Labute approximate surface area is 64.8 Å². The molecule has 5 heteroatoms. The lowest BCUT2D eigenvalue weighted by atomic mass is 10.5. The third-order valence-electron chi connectivity index (χ3n) is 1.02. The molecule has 0 unspecified atom stereocenters. The van der Waals surface area contributed by atoms with Gasteiger partial charge >= 0.3 is 0 Å². The van der Waals surface area contributed by atoms with Crippen LogP contribution in [-0.2, 0) is 9.84 Å². The molecule has 2 nitrogen and oxygen atoms in total. The molecule has 1 aliphatic heterocycles. The minimum Gasteiger partial charge on any atom is -0.228 e. The molecular weight excluding hydrogens is 260 g/mol. The molecule has 0 spiro atoms. The quantitative estimate of drug-likeness (QED) is 0.609. The topological polar surface area (TPSA) is 34.1 Å². The lowest BCUT2D eigenvalue weighted by molar-refractivity contribution is 0.579. The van der Waals surface area contributed by atoms with Crippen LogP contribution in [0.4, 0.5) is 0 Å². The van der Waals surface area contributed by atoms with E-state index in [-0.39, 0.29) is 14.7 Å². The Kier molecular flexibility index (Phi) is 1.71. The lowest BCUT2D eigenvalue weighted by Crippen LogP contribution is -2.43. The second-order valence-electron chi connectivity index (χ2n) is 1.70. The molecular formula is C3H4Br2O2S. The van der Waals surface area contributed by atoms with Gasteiger partial charge in [-0.1, -0.05) is 31.9 Å². The summed E-state index contributed by atoms with van der Waals surface area (Å²) in [5.74, 6) is 0.267. The summed E-state index contributed by atoms with van der Waals surface area (Å²) in [5, 5.41) is 0. The van der Waals surface area contributed by atoms with E-state index in [2.05, 4.69) is 31.9 Å². The highest BCUT2D eigenvalue weighted by Crippen LogP contribution is 2.32. The second kappa shape index (κ2) is 1.95. The molecule has 0 radical (unpaired) electrons. The Morgan fingerprint density at radius 2 is 1.88 bits per heavy atom. The Balaban J connectivity index is 2.75. The van der Waals surface area contributed by atoms with Gasteiger partial charge in [0, 0.05) is 0 Å². The molecule has 1 heterocycles. The molecule has 0 N–H and O–H groups in total. The molecule has 0 aromatic carbocycles. The van der Waals surface area contributed by atoms with E-state index in [0.717, 1.165) is 0 Å². The molecule has 8 heavy (non-hydrogen) atoms. The molecule has 0 bridgehead atoms. The maximum absolute atomic E-state index is 10.6. The predicted molar refractivity (Wildman–Crippen MR) is 39.2 cm³/mol. The van der Waals surface area contributed by atoms with E-state index in [9.17, 15) is 8.42 Å². The first kappa shape index (κ1) is 7.02. The molecule has 0 aromatic heterocycles. The van der Waals surface area contributed by atoms with Gasteiger partial charge in [-0.3, -0.25) is 0 Å². The van der Waals surface area contributed by atoms with Gasteiger partial charge in [-0.15, -0.1) is 0 Å². The second-order valence-corrected chi connectivity index (χ2v) is 6.63. The van der Waals surface area contributed by atoms with Crippen molar-refractivity contribution >= 4 is 41.7 Å². The van der Waals surface area contributed by atoms with Gasteiger partial charge in [0.15, 0.2) is 9.84 Å². The predicted octanol–water partition coefficient (Wildman–Crippen LogP) is 0.899. The third-order valence-corrected chi connectivity index (χ3v) is 7.54. The number of sulfone groups is 1. The van der Waals surface area contributed by atoms with Crippen molar-refractivity contribution in [3.63, 3.8) is 0 Å². The van der Waals surface area contributed by atoms with Crippen molar-refractivity contribution in [1.29, 1.82) is 0 Å². The summed E-state index contributed by atoms with van der Waals surface area (Å²) in [5.41, 5.74) is 0. The van der Waals surface area contributed by atoms with E-state index < -0.39 is 9.84 Å². The first-order valence-electron chi connectivity index (χ1n) is 2.04. The third kappa shape index (κ3) is 0.953. The highest BCUT2D eigenvalue weighted by Gasteiger charge is 2.42. The molecule has 1 fully saturated rings. The smallest absolute Gasteiger partial charge is 0.165 e. The van der Waals surface area contributed by atoms with Crippen LogP contribution < -0.4 is 0 Å². The summed E-state index contributed by atoms with van der Waals surface area (Å²) < 4.78 is 20.8. The average molecular weight is 264 g/mol. The summed E-state index contributed by atoms with van der Waals surface area (Å²) in [4.78, 5) is 0.118.